The molecule has 0 amide bonds. The molecule has 5 nitrogen and oxygen atoms in total. The van der Waals surface area contributed by atoms with E-state index in [0.717, 1.165) is 24.3 Å². The summed E-state index contributed by atoms with van der Waals surface area (Å²) < 4.78 is 64.5. The molecule has 0 aliphatic carbocycles. The summed E-state index contributed by atoms with van der Waals surface area (Å²) in [6.07, 6.45) is -3.26. The molecule has 2 rings (SSSR count). The lowest BCUT2D eigenvalue weighted by Crippen LogP contribution is -2.41. The predicted molar refractivity (Wildman–Crippen MR) is 87.6 cm³/mol. The van der Waals surface area contributed by atoms with Gasteiger partial charge in [-0.25, -0.2) is 8.42 Å². The van der Waals surface area contributed by atoms with Gasteiger partial charge in [0.15, 0.2) is 0 Å². The number of alkyl halides is 3. The van der Waals surface area contributed by atoms with E-state index in [2.05, 4.69) is 0 Å². The highest BCUT2D eigenvalue weighted by Crippen LogP contribution is 2.31. The molecule has 0 aromatic heterocycles. The van der Waals surface area contributed by atoms with Crippen molar-refractivity contribution < 1.29 is 26.7 Å². The summed E-state index contributed by atoms with van der Waals surface area (Å²) in [6.45, 7) is 0.800. The van der Waals surface area contributed by atoms with Gasteiger partial charge in [-0.05, 0) is 57.6 Å². The van der Waals surface area contributed by atoms with E-state index in [1.54, 1.807) is 0 Å². The van der Waals surface area contributed by atoms with Crippen LogP contribution in [0.3, 0.4) is 0 Å². The first-order valence-corrected chi connectivity index (χ1v) is 9.43. The van der Waals surface area contributed by atoms with Crippen molar-refractivity contribution >= 4 is 10.0 Å². The van der Waals surface area contributed by atoms with E-state index < -0.39 is 27.4 Å². The predicted octanol–water partition coefficient (Wildman–Crippen LogP) is 2.17. The molecule has 0 saturated carbocycles. The smallest absolute Gasteiger partial charge is 0.389 e. The average Bonchev–Trinajstić information content (AvgIpc) is 2.68. The van der Waals surface area contributed by atoms with Crippen LogP contribution in [0.2, 0.25) is 0 Å². The molecule has 25 heavy (non-hydrogen) atoms. The van der Waals surface area contributed by atoms with Gasteiger partial charge in [-0.15, -0.1) is 0 Å². The molecule has 0 spiro atoms. The van der Waals surface area contributed by atoms with Crippen molar-refractivity contribution in [2.45, 2.75) is 35.9 Å². The second-order valence-corrected chi connectivity index (χ2v) is 8.68. The Morgan fingerprint density at radius 2 is 1.76 bits per heavy atom. The molecular weight excluding hydrogens is 357 g/mol. The maximum atomic E-state index is 12.7. The molecule has 1 fully saturated rings. The quantitative estimate of drug-likeness (QED) is 0.870. The summed E-state index contributed by atoms with van der Waals surface area (Å²) in [6, 6.07) is 3.50. The van der Waals surface area contributed by atoms with Crippen LogP contribution in [0.25, 0.3) is 0 Å². The van der Waals surface area contributed by atoms with Crippen LogP contribution in [0.5, 0.6) is 0 Å². The van der Waals surface area contributed by atoms with E-state index in [0.29, 0.717) is 19.4 Å². The van der Waals surface area contributed by atoms with Crippen molar-refractivity contribution in [1.29, 1.82) is 0 Å². The highest BCUT2D eigenvalue weighted by Gasteiger charge is 2.35. The first-order chi connectivity index (χ1) is 11.4. The first-order valence-electron chi connectivity index (χ1n) is 7.99. The second-order valence-electron chi connectivity index (χ2n) is 6.74. The fraction of sp³-hybridized carbons (Fsp3) is 0.625. The molecule has 1 aromatic rings. The number of halogens is 3. The highest BCUT2D eigenvalue weighted by molar-refractivity contribution is 7.89. The summed E-state index contributed by atoms with van der Waals surface area (Å²) in [4.78, 5) is 1.68. The van der Waals surface area contributed by atoms with E-state index in [1.165, 1.54) is 4.31 Å². The monoisotopic (exact) mass is 380 g/mol. The van der Waals surface area contributed by atoms with Gasteiger partial charge in [-0.1, -0.05) is 0 Å². The summed E-state index contributed by atoms with van der Waals surface area (Å²) in [7, 11) is -0.219. The first kappa shape index (κ1) is 20.2. The summed E-state index contributed by atoms with van der Waals surface area (Å²) in [5.41, 5.74) is -1.85. The van der Waals surface area contributed by atoms with E-state index in [-0.39, 0.29) is 24.4 Å². The van der Waals surface area contributed by atoms with Crippen LogP contribution in [0.4, 0.5) is 13.2 Å². The minimum atomic E-state index is -4.51. The third kappa shape index (κ3) is 4.93. The van der Waals surface area contributed by atoms with E-state index in [4.69, 9.17) is 0 Å². The van der Waals surface area contributed by atoms with E-state index >= 15 is 0 Å². The third-order valence-electron chi connectivity index (χ3n) is 4.31. The molecule has 1 saturated heterocycles. The molecule has 1 aromatic carbocycles. The van der Waals surface area contributed by atoms with Crippen LogP contribution in [-0.2, 0) is 16.2 Å². The van der Waals surface area contributed by atoms with Crippen LogP contribution < -0.4 is 0 Å². The molecule has 1 N–H and O–H groups in total. The van der Waals surface area contributed by atoms with Crippen molar-refractivity contribution in [2.75, 3.05) is 33.7 Å². The Morgan fingerprint density at radius 3 is 2.28 bits per heavy atom. The van der Waals surface area contributed by atoms with Crippen LogP contribution in [-0.4, -0.2) is 62.1 Å². The number of hydrogen-bond donors (Lipinski definition) is 1. The van der Waals surface area contributed by atoms with Gasteiger partial charge >= 0.3 is 6.18 Å². The highest BCUT2D eigenvalue weighted by atomic mass is 32.2. The summed E-state index contributed by atoms with van der Waals surface area (Å²) in [5.74, 6) is 0. The van der Waals surface area contributed by atoms with Crippen LogP contribution >= 0.6 is 0 Å². The molecule has 9 heteroatoms. The van der Waals surface area contributed by atoms with Crippen molar-refractivity contribution in [3.63, 3.8) is 0 Å². The zero-order chi connectivity index (χ0) is 18.9. The number of benzene rings is 1. The molecule has 1 atom stereocenters. The number of likely N-dealkylation sites (N-methyl/N-ethyl adjacent to an activating group) is 1. The Balaban J connectivity index is 2.17. The third-order valence-corrected chi connectivity index (χ3v) is 6.22. The lowest BCUT2D eigenvalue weighted by molar-refractivity contribution is -0.137. The van der Waals surface area contributed by atoms with E-state index in [1.807, 2.05) is 19.0 Å². The number of nitrogens with zero attached hydrogens (tertiary/aromatic N) is 2. The van der Waals surface area contributed by atoms with Crippen LogP contribution in [0, 0.1) is 0 Å². The molecule has 0 radical (unpaired) electrons. The largest absolute Gasteiger partial charge is 0.416 e. The summed E-state index contributed by atoms with van der Waals surface area (Å²) in [5, 5.41) is 10.6. The zero-order valence-corrected chi connectivity index (χ0v) is 15.1. The Morgan fingerprint density at radius 1 is 1.16 bits per heavy atom. The lowest BCUT2D eigenvalue weighted by atomic mass is 9.94. The van der Waals surface area contributed by atoms with Crippen molar-refractivity contribution in [3.8, 4) is 0 Å². The van der Waals surface area contributed by atoms with Crippen LogP contribution in [0.15, 0.2) is 29.2 Å². The Labute approximate surface area is 146 Å². The molecular formula is C16H23F3N2O3S. The maximum Gasteiger partial charge on any atom is 0.416 e. The summed E-state index contributed by atoms with van der Waals surface area (Å²) >= 11 is 0. The Hall–Kier alpha value is -1.16. The number of aliphatic hydroxyl groups is 1. The Bertz CT molecular complexity index is 690. The topological polar surface area (TPSA) is 60.9 Å². The fourth-order valence-corrected chi connectivity index (χ4v) is 4.59. The fourth-order valence-electron chi connectivity index (χ4n) is 3.11. The standard InChI is InChI=1S/C16H23F3N2O3S/c1-20(2)12-15(22)8-3-10-21(11-9-15)25(23,24)14-6-4-13(5-7-14)16(17,18)19/h4-7,22H,3,8-12H2,1-2H3/t15-/m0/s1. The number of rotatable bonds is 4. The maximum absolute atomic E-state index is 12.7. The molecule has 1 aliphatic heterocycles. The van der Waals surface area contributed by atoms with Gasteiger partial charge in [0.2, 0.25) is 10.0 Å². The van der Waals surface area contributed by atoms with Crippen molar-refractivity contribution in [1.82, 2.24) is 9.21 Å². The zero-order valence-electron chi connectivity index (χ0n) is 14.3. The number of sulfonamides is 1. The normalized spacial score (nSPS) is 23.6. The minimum absolute atomic E-state index is 0.133. The Kier molecular flexibility index (Phi) is 5.82. The van der Waals surface area contributed by atoms with Gasteiger partial charge in [-0.3, -0.25) is 0 Å². The minimum Gasteiger partial charge on any atom is -0.389 e. The molecule has 0 bridgehead atoms. The van der Waals surface area contributed by atoms with Gasteiger partial charge in [0.1, 0.15) is 0 Å². The average molecular weight is 380 g/mol. The van der Waals surface area contributed by atoms with Crippen molar-refractivity contribution in [2.24, 2.45) is 0 Å². The van der Waals surface area contributed by atoms with E-state index in [9.17, 15) is 26.7 Å². The molecule has 0 unspecified atom stereocenters. The molecule has 142 valence electrons. The number of hydrogen-bond acceptors (Lipinski definition) is 4. The van der Waals surface area contributed by atoms with Gasteiger partial charge in [0.05, 0.1) is 16.1 Å². The van der Waals surface area contributed by atoms with Gasteiger partial charge in [-0.2, -0.15) is 17.5 Å². The molecule has 1 aliphatic rings. The van der Waals surface area contributed by atoms with Crippen LogP contribution in [0.1, 0.15) is 24.8 Å². The lowest BCUT2D eigenvalue weighted by Gasteiger charge is -2.29. The van der Waals surface area contributed by atoms with Gasteiger partial charge in [0, 0.05) is 19.6 Å². The SMILES string of the molecule is CN(C)C[C@]1(O)CCCN(S(=O)(=O)c2ccc(C(F)(F)F)cc2)CC1. The van der Waals surface area contributed by atoms with Gasteiger partial charge < -0.3 is 10.0 Å². The second kappa shape index (κ2) is 7.22. The van der Waals surface area contributed by atoms with Crippen molar-refractivity contribution in [3.05, 3.63) is 29.8 Å². The molecule has 1 heterocycles. The van der Waals surface area contributed by atoms with Gasteiger partial charge in [0.25, 0.3) is 0 Å².